The highest BCUT2D eigenvalue weighted by Crippen LogP contribution is 2.58. The van der Waals surface area contributed by atoms with Crippen LogP contribution in [0.2, 0.25) is 0 Å². The highest BCUT2D eigenvalue weighted by Gasteiger charge is 2.51. The average Bonchev–Trinajstić information content (AvgIpc) is 2.82. The molecule has 0 saturated heterocycles. The summed E-state index contributed by atoms with van der Waals surface area (Å²) in [6.07, 6.45) is 13.2. The lowest BCUT2D eigenvalue weighted by Crippen LogP contribution is -2.28. The third-order valence-corrected chi connectivity index (χ3v) is 5.10. The van der Waals surface area contributed by atoms with Crippen LogP contribution in [0.1, 0.15) is 33.6 Å². The predicted molar refractivity (Wildman–Crippen MR) is 92.1 cm³/mol. The minimum atomic E-state index is -0.302. The Kier molecular flexibility index (Phi) is 3.37. The monoisotopic (exact) mass is 323 g/mol. The number of esters is 1. The Labute approximate surface area is 141 Å². The third kappa shape index (κ3) is 2.05. The molecule has 0 aromatic heterocycles. The van der Waals surface area contributed by atoms with Crippen LogP contribution in [0.5, 0.6) is 0 Å². The van der Waals surface area contributed by atoms with Crippen molar-refractivity contribution in [2.75, 3.05) is 0 Å². The summed E-state index contributed by atoms with van der Waals surface area (Å²) in [5.74, 6) is 1.53. The second-order valence-electron chi connectivity index (χ2n) is 7.02. The van der Waals surface area contributed by atoms with E-state index >= 15 is 0 Å². The van der Waals surface area contributed by atoms with Crippen molar-refractivity contribution in [3.8, 4) is 0 Å². The van der Waals surface area contributed by atoms with Crippen molar-refractivity contribution >= 4 is 12.2 Å². The van der Waals surface area contributed by atoms with Gasteiger partial charge in [-0.15, -0.1) is 0 Å². The number of carbonyl (C=O) groups is 1. The largest absolute Gasteiger partial charge is 0.464 e. The molecule has 0 amide bonds. The Bertz CT molecular complexity index is 792. The fraction of sp³-hybridized carbons (Fsp3) is 0.400. The molecule has 0 aromatic carbocycles. The maximum Gasteiger partial charge on any atom is 0.308 e. The Morgan fingerprint density at radius 3 is 3.08 bits per heavy atom. The van der Waals surface area contributed by atoms with Crippen LogP contribution < -0.4 is 0 Å². The zero-order valence-corrected chi connectivity index (χ0v) is 14.2. The number of rotatable bonds is 2. The van der Waals surface area contributed by atoms with Crippen molar-refractivity contribution in [3.63, 3.8) is 0 Å². The van der Waals surface area contributed by atoms with E-state index in [1.807, 2.05) is 44.5 Å². The van der Waals surface area contributed by atoms with E-state index in [1.165, 1.54) is 11.1 Å². The standard InChI is InChI=1S/C20H21NO3/c1-12(2)19(22)23-15-8-14-11-21-10-13(3)20-7-5-4-6-17(20)24-16(9-15)18(14)20/h4-6,8,10-12,15H,7,9H2,1-3H3. The van der Waals surface area contributed by atoms with E-state index in [4.69, 9.17) is 9.47 Å². The Balaban J connectivity index is 1.76. The summed E-state index contributed by atoms with van der Waals surface area (Å²) < 4.78 is 11.9. The normalized spacial score (nSPS) is 30.0. The Hall–Kier alpha value is -2.36. The molecule has 124 valence electrons. The van der Waals surface area contributed by atoms with Crippen LogP contribution in [0.4, 0.5) is 0 Å². The predicted octanol–water partition coefficient (Wildman–Crippen LogP) is 3.99. The molecule has 2 aliphatic carbocycles. The average molecular weight is 323 g/mol. The van der Waals surface area contributed by atoms with Crippen LogP contribution in [0, 0.1) is 11.3 Å². The van der Waals surface area contributed by atoms with Gasteiger partial charge in [-0.05, 0) is 31.1 Å². The molecule has 2 aliphatic heterocycles. The molecular formula is C20H21NO3. The SMILES string of the molecule is CC1=CN=CC2=CC(OC(=O)C(C)C)CC3=C2C12CC=CC=C2O3. The van der Waals surface area contributed by atoms with Gasteiger partial charge in [0, 0.05) is 30.0 Å². The maximum absolute atomic E-state index is 12.0. The highest BCUT2D eigenvalue weighted by atomic mass is 16.5. The van der Waals surface area contributed by atoms with Gasteiger partial charge in [0.1, 0.15) is 17.6 Å². The molecule has 0 radical (unpaired) electrons. The van der Waals surface area contributed by atoms with Crippen molar-refractivity contribution in [2.24, 2.45) is 16.3 Å². The van der Waals surface area contributed by atoms with Gasteiger partial charge in [0.25, 0.3) is 0 Å². The fourth-order valence-electron chi connectivity index (χ4n) is 3.85. The van der Waals surface area contributed by atoms with Crippen LogP contribution in [-0.4, -0.2) is 18.3 Å². The molecule has 4 rings (SSSR count). The van der Waals surface area contributed by atoms with Crippen LogP contribution in [0.25, 0.3) is 0 Å². The Morgan fingerprint density at radius 1 is 1.46 bits per heavy atom. The molecule has 2 unspecified atom stereocenters. The van der Waals surface area contributed by atoms with Crippen LogP contribution >= 0.6 is 0 Å². The lowest BCUT2D eigenvalue weighted by atomic mass is 9.67. The summed E-state index contributed by atoms with van der Waals surface area (Å²) >= 11 is 0. The first kappa shape index (κ1) is 15.2. The number of ether oxygens (including phenoxy) is 2. The first-order chi connectivity index (χ1) is 11.5. The molecule has 2 atom stereocenters. The minimum absolute atomic E-state index is 0.143. The lowest BCUT2D eigenvalue weighted by molar-refractivity contribution is -0.150. The topological polar surface area (TPSA) is 47.9 Å². The smallest absolute Gasteiger partial charge is 0.308 e. The van der Waals surface area contributed by atoms with Crippen LogP contribution in [0.3, 0.4) is 0 Å². The van der Waals surface area contributed by atoms with E-state index in [9.17, 15) is 4.79 Å². The zero-order chi connectivity index (χ0) is 16.9. The lowest BCUT2D eigenvalue weighted by Gasteiger charge is -2.33. The summed E-state index contributed by atoms with van der Waals surface area (Å²) in [5, 5.41) is 0. The molecule has 1 spiro atoms. The molecule has 4 heteroatoms. The van der Waals surface area contributed by atoms with Gasteiger partial charge in [-0.1, -0.05) is 26.0 Å². The second kappa shape index (κ2) is 5.33. The second-order valence-corrected chi connectivity index (χ2v) is 7.02. The molecule has 24 heavy (non-hydrogen) atoms. The van der Waals surface area contributed by atoms with Crippen LogP contribution in [-0.2, 0) is 14.3 Å². The van der Waals surface area contributed by atoms with Gasteiger partial charge in [-0.3, -0.25) is 9.79 Å². The van der Waals surface area contributed by atoms with Crippen molar-refractivity contribution in [1.29, 1.82) is 0 Å². The van der Waals surface area contributed by atoms with Gasteiger partial charge in [-0.25, -0.2) is 0 Å². The number of hydrogen-bond donors (Lipinski definition) is 0. The molecule has 4 aliphatic rings. The highest BCUT2D eigenvalue weighted by molar-refractivity contribution is 5.89. The summed E-state index contributed by atoms with van der Waals surface area (Å²) in [5.41, 5.74) is 3.12. The van der Waals surface area contributed by atoms with Gasteiger partial charge in [0.05, 0.1) is 11.3 Å². The van der Waals surface area contributed by atoms with E-state index in [0.29, 0.717) is 6.42 Å². The molecule has 4 nitrogen and oxygen atoms in total. The van der Waals surface area contributed by atoms with E-state index in [0.717, 1.165) is 23.5 Å². The fourth-order valence-corrected chi connectivity index (χ4v) is 3.85. The van der Waals surface area contributed by atoms with Crippen molar-refractivity contribution in [1.82, 2.24) is 0 Å². The first-order valence-electron chi connectivity index (χ1n) is 8.44. The number of aliphatic imine (C=N–C) groups is 1. The number of allylic oxidation sites excluding steroid dienone is 5. The van der Waals surface area contributed by atoms with Gasteiger partial charge in [0.15, 0.2) is 0 Å². The van der Waals surface area contributed by atoms with Gasteiger partial charge in [0.2, 0.25) is 0 Å². The third-order valence-electron chi connectivity index (χ3n) is 5.10. The number of hydrogen-bond acceptors (Lipinski definition) is 4. The van der Waals surface area contributed by atoms with E-state index < -0.39 is 0 Å². The van der Waals surface area contributed by atoms with Gasteiger partial charge in [-0.2, -0.15) is 0 Å². The zero-order valence-electron chi connectivity index (χ0n) is 14.2. The summed E-state index contributed by atoms with van der Waals surface area (Å²) in [7, 11) is 0. The minimum Gasteiger partial charge on any atom is -0.464 e. The number of nitrogens with zero attached hydrogens (tertiary/aromatic N) is 1. The van der Waals surface area contributed by atoms with Gasteiger partial charge >= 0.3 is 5.97 Å². The summed E-state index contributed by atoms with van der Waals surface area (Å²) in [4.78, 5) is 16.4. The molecule has 0 fully saturated rings. The quantitative estimate of drug-likeness (QED) is 0.722. The van der Waals surface area contributed by atoms with Crippen molar-refractivity contribution in [3.05, 3.63) is 58.7 Å². The number of carbonyl (C=O) groups excluding carboxylic acids is 1. The molecular weight excluding hydrogens is 302 g/mol. The van der Waals surface area contributed by atoms with E-state index in [1.54, 1.807) is 0 Å². The van der Waals surface area contributed by atoms with E-state index in [-0.39, 0.29) is 23.4 Å². The summed E-state index contributed by atoms with van der Waals surface area (Å²) in [6, 6.07) is 0. The van der Waals surface area contributed by atoms with E-state index in [2.05, 4.69) is 18.0 Å². The summed E-state index contributed by atoms with van der Waals surface area (Å²) in [6.45, 7) is 5.79. The molecule has 0 saturated carbocycles. The van der Waals surface area contributed by atoms with Gasteiger partial charge < -0.3 is 9.47 Å². The molecule has 0 N–H and O–H groups in total. The molecule has 0 aromatic rings. The molecule has 0 bridgehead atoms. The first-order valence-corrected chi connectivity index (χ1v) is 8.44. The maximum atomic E-state index is 12.0. The molecule has 2 heterocycles. The van der Waals surface area contributed by atoms with Crippen LogP contribution in [0.15, 0.2) is 63.7 Å². The van der Waals surface area contributed by atoms with Crippen molar-refractivity contribution in [2.45, 2.75) is 39.7 Å². The Morgan fingerprint density at radius 2 is 2.29 bits per heavy atom. The van der Waals surface area contributed by atoms with Crippen molar-refractivity contribution < 1.29 is 14.3 Å².